The largest absolute Gasteiger partial charge is 0.420 e. The first-order chi connectivity index (χ1) is 12.9. The van der Waals surface area contributed by atoms with Gasteiger partial charge >= 0.3 is 11.8 Å². The van der Waals surface area contributed by atoms with E-state index in [0.29, 0.717) is 11.1 Å². The van der Waals surface area contributed by atoms with Gasteiger partial charge in [-0.15, -0.1) is 0 Å². The number of oxazole rings is 1. The van der Waals surface area contributed by atoms with Gasteiger partial charge in [-0.1, -0.05) is 42.0 Å². The van der Waals surface area contributed by atoms with Crippen LogP contribution < -0.4 is 11.1 Å². The molecular weight excluding hydrogens is 346 g/mol. The summed E-state index contributed by atoms with van der Waals surface area (Å²) in [5.41, 5.74) is 1.79. The van der Waals surface area contributed by atoms with Crippen molar-refractivity contribution in [2.24, 2.45) is 0 Å². The third-order valence-electron chi connectivity index (χ3n) is 5.02. The second-order valence-electron chi connectivity index (χ2n) is 6.87. The van der Waals surface area contributed by atoms with Crippen LogP contribution in [0, 0.1) is 6.92 Å². The van der Waals surface area contributed by atoms with Gasteiger partial charge < -0.3 is 9.73 Å². The fourth-order valence-electron chi connectivity index (χ4n) is 3.41. The number of nitrogens with one attached hydrogen (secondary N) is 1. The third-order valence-corrected chi connectivity index (χ3v) is 5.02. The van der Waals surface area contributed by atoms with Crippen molar-refractivity contribution in [2.75, 3.05) is 6.54 Å². The number of carbonyl (C=O) groups excluding carboxylic acids is 2. The van der Waals surface area contributed by atoms with Crippen LogP contribution in [0.1, 0.15) is 18.1 Å². The van der Waals surface area contributed by atoms with Crippen LogP contribution in [-0.2, 0) is 16.9 Å². The molecular formula is C20H19N3O4. The molecule has 1 aliphatic rings. The van der Waals surface area contributed by atoms with Gasteiger partial charge in [-0.2, -0.15) is 0 Å². The second-order valence-corrected chi connectivity index (χ2v) is 6.87. The molecule has 0 aliphatic carbocycles. The van der Waals surface area contributed by atoms with Crippen molar-refractivity contribution in [3.8, 4) is 0 Å². The topological polar surface area (TPSA) is 84.6 Å². The normalized spacial score (nSPS) is 19.7. The van der Waals surface area contributed by atoms with Crippen molar-refractivity contribution in [1.82, 2.24) is 14.8 Å². The predicted molar refractivity (Wildman–Crippen MR) is 99.2 cm³/mol. The van der Waals surface area contributed by atoms with Crippen molar-refractivity contribution in [2.45, 2.75) is 25.9 Å². The van der Waals surface area contributed by atoms with Crippen molar-refractivity contribution in [3.63, 3.8) is 0 Å². The molecule has 2 aromatic carbocycles. The van der Waals surface area contributed by atoms with Gasteiger partial charge in [-0.25, -0.2) is 9.59 Å². The molecule has 1 aromatic heterocycles. The first-order valence-electron chi connectivity index (χ1n) is 8.70. The summed E-state index contributed by atoms with van der Waals surface area (Å²) in [6.45, 7) is 3.90. The molecule has 4 rings (SSSR count). The molecule has 0 spiro atoms. The number of para-hydroxylation sites is 2. The Hall–Kier alpha value is -3.35. The van der Waals surface area contributed by atoms with Gasteiger partial charge in [0.05, 0.1) is 5.52 Å². The van der Waals surface area contributed by atoms with Crippen LogP contribution in [-0.4, -0.2) is 28.0 Å². The highest BCUT2D eigenvalue weighted by atomic mass is 16.4. The number of amides is 3. The number of aromatic nitrogens is 1. The first-order valence-corrected chi connectivity index (χ1v) is 8.70. The maximum Gasteiger partial charge on any atom is 0.420 e. The minimum absolute atomic E-state index is 0.0789. The molecule has 0 saturated carbocycles. The summed E-state index contributed by atoms with van der Waals surface area (Å²) in [6.07, 6.45) is 0. The zero-order valence-corrected chi connectivity index (χ0v) is 15.1. The van der Waals surface area contributed by atoms with E-state index < -0.39 is 17.3 Å². The summed E-state index contributed by atoms with van der Waals surface area (Å²) in [5, 5.41) is 2.77. The lowest BCUT2D eigenvalue weighted by Crippen LogP contribution is -2.41. The molecule has 0 bridgehead atoms. The Labute approximate surface area is 155 Å². The Balaban J connectivity index is 1.58. The zero-order chi connectivity index (χ0) is 19.2. The molecule has 1 fully saturated rings. The van der Waals surface area contributed by atoms with Gasteiger partial charge in [-0.05, 0) is 31.5 Å². The van der Waals surface area contributed by atoms with E-state index in [-0.39, 0.29) is 19.0 Å². The summed E-state index contributed by atoms with van der Waals surface area (Å²) in [7, 11) is 0. The van der Waals surface area contributed by atoms with Crippen LogP contribution in [0.25, 0.3) is 11.1 Å². The van der Waals surface area contributed by atoms with E-state index >= 15 is 0 Å². The minimum Gasteiger partial charge on any atom is -0.408 e. The number of nitrogens with zero attached hydrogens (tertiary/aromatic N) is 2. The highest BCUT2D eigenvalue weighted by Gasteiger charge is 2.48. The number of hydrogen-bond donors (Lipinski definition) is 1. The van der Waals surface area contributed by atoms with E-state index in [2.05, 4.69) is 5.32 Å². The van der Waals surface area contributed by atoms with E-state index in [1.54, 1.807) is 31.2 Å². The average molecular weight is 365 g/mol. The fraction of sp³-hybridized carbons (Fsp3) is 0.250. The van der Waals surface area contributed by atoms with E-state index in [1.807, 2.05) is 31.2 Å². The Morgan fingerprint density at radius 3 is 2.44 bits per heavy atom. The molecule has 1 aliphatic heterocycles. The Morgan fingerprint density at radius 2 is 1.70 bits per heavy atom. The highest BCUT2D eigenvalue weighted by molar-refractivity contribution is 6.07. The summed E-state index contributed by atoms with van der Waals surface area (Å²) in [4.78, 5) is 38.6. The number of imide groups is 1. The third kappa shape index (κ3) is 2.71. The molecule has 7 heteroatoms. The van der Waals surface area contributed by atoms with E-state index in [4.69, 9.17) is 4.42 Å². The number of hydrogen-bond acceptors (Lipinski definition) is 4. The standard InChI is InChI=1S/C20H19N3O4/c1-13-7-9-14(10-8-13)20(2)17(24)23(18(25)21-20)12-11-22-15-5-3-4-6-16(15)27-19(22)26/h3-10H,11-12H2,1-2H3,(H,21,25)/t20-/m0/s1. The van der Waals surface area contributed by atoms with Gasteiger partial charge in [0.2, 0.25) is 0 Å². The molecule has 3 amide bonds. The number of benzene rings is 2. The number of urea groups is 1. The van der Waals surface area contributed by atoms with Crippen LogP contribution in [0.5, 0.6) is 0 Å². The second kappa shape index (κ2) is 6.12. The van der Waals surface area contributed by atoms with Crippen LogP contribution in [0.15, 0.2) is 57.7 Å². The van der Waals surface area contributed by atoms with Crippen LogP contribution >= 0.6 is 0 Å². The van der Waals surface area contributed by atoms with Crippen LogP contribution in [0.2, 0.25) is 0 Å². The van der Waals surface area contributed by atoms with E-state index in [1.165, 1.54) is 4.57 Å². The van der Waals surface area contributed by atoms with Crippen molar-refractivity contribution >= 4 is 23.0 Å². The molecule has 0 unspecified atom stereocenters. The number of carbonyl (C=O) groups is 2. The van der Waals surface area contributed by atoms with Crippen molar-refractivity contribution in [3.05, 3.63) is 70.2 Å². The van der Waals surface area contributed by atoms with Crippen LogP contribution in [0.4, 0.5) is 4.79 Å². The monoisotopic (exact) mass is 365 g/mol. The smallest absolute Gasteiger partial charge is 0.408 e. The van der Waals surface area contributed by atoms with E-state index in [9.17, 15) is 14.4 Å². The molecule has 1 saturated heterocycles. The lowest BCUT2D eigenvalue weighted by atomic mass is 9.91. The Kier molecular flexibility index (Phi) is 3.87. The van der Waals surface area contributed by atoms with Gasteiger partial charge in [0.15, 0.2) is 5.58 Å². The van der Waals surface area contributed by atoms with Gasteiger partial charge in [0, 0.05) is 13.1 Å². The Bertz CT molecular complexity index is 1100. The lowest BCUT2D eigenvalue weighted by molar-refractivity contribution is -0.131. The zero-order valence-electron chi connectivity index (χ0n) is 15.1. The van der Waals surface area contributed by atoms with Gasteiger partial charge in [-0.3, -0.25) is 14.3 Å². The predicted octanol–water partition coefficient (Wildman–Crippen LogP) is 2.37. The molecule has 3 aromatic rings. The Morgan fingerprint density at radius 1 is 1.00 bits per heavy atom. The fourth-order valence-corrected chi connectivity index (χ4v) is 3.41. The molecule has 1 atom stereocenters. The molecule has 7 nitrogen and oxygen atoms in total. The molecule has 2 heterocycles. The molecule has 138 valence electrons. The van der Waals surface area contributed by atoms with Gasteiger partial charge in [0.1, 0.15) is 5.54 Å². The first kappa shape index (κ1) is 17.1. The number of rotatable bonds is 4. The lowest BCUT2D eigenvalue weighted by Gasteiger charge is -2.22. The molecule has 27 heavy (non-hydrogen) atoms. The summed E-state index contributed by atoms with van der Waals surface area (Å²) < 4.78 is 6.62. The highest BCUT2D eigenvalue weighted by Crippen LogP contribution is 2.29. The summed E-state index contributed by atoms with van der Waals surface area (Å²) >= 11 is 0. The van der Waals surface area contributed by atoms with E-state index in [0.717, 1.165) is 16.0 Å². The SMILES string of the molecule is Cc1ccc([C@]2(C)NC(=O)N(CCn3c(=O)oc4ccccc43)C2=O)cc1. The van der Waals surface area contributed by atoms with Crippen molar-refractivity contribution < 1.29 is 14.0 Å². The maximum atomic E-state index is 13.0. The molecule has 1 N–H and O–H groups in total. The quantitative estimate of drug-likeness (QED) is 0.720. The number of fused-ring (bicyclic) bond motifs is 1. The molecule has 0 radical (unpaired) electrons. The van der Waals surface area contributed by atoms with Crippen molar-refractivity contribution in [1.29, 1.82) is 0 Å². The summed E-state index contributed by atoms with van der Waals surface area (Å²) in [6, 6.07) is 14.1. The average Bonchev–Trinajstić information content (AvgIpc) is 3.08. The summed E-state index contributed by atoms with van der Waals surface area (Å²) in [5.74, 6) is -0.846. The maximum absolute atomic E-state index is 13.0. The van der Waals surface area contributed by atoms with Gasteiger partial charge in [0.25, 0.3) is 5.91 Å². The number of aryl methyl sites for hydroxylation is 1. The van der Waals surface area contributed by atoms with Crippen LogP contribution in [0.3, 0.4) is 0 Å². The minimum atomic E-state index is -1.12.